The molecule has 1 aromatic heterocycles. The molecule has 0 amide bonds. The molecule has 6 nitrogen and oxygen atoms in total. The van der Waals surface area contributed by atoms with Gasteiger partial charge in [0.2, 0.25) is 0 Å². The van der Waals surface area contributed by atoms with Gasteiger partial charge >= 0.3 is 5.97 Å². The van der Waals surface area contributed by atoms with E-state index in [9.17, 15) is 4.79 Å². The van der Waals surface area contributed by atoms with Crippen molar-refractivity contribution in [3.05, 3.63) is 47.1 Å². The first-order valence-electron chi connectivity index (χ1n) is 10.3. The van der Waals surface area contributed by atoms with Crippen LogP contribution in [0.3, 0.4) is 0 Å². The molecule has 2 fully saturated rings. The van der Waals surface area contributed by atoms with Gasteiger partial charge < -0.3 is 14.4 Å². The molecule has 1 aliphatic heterocycles. The molecule has 2 aromatic rings. The zero-order valence-corrected chi connectivity index (χ0v) is 17.2. The minimum Gasteiger partial charge on any atom is -0.494 e. The zero-order valence-electron chi connectivity index (χ0n) is 16.4. The molecular formula is C22H26ClN3O3. The average Bonchev–Trinajstić information content (AvgIpc) is 3.58. The van der Waals surface area contributed by atoms with Crippen molar-refractivity contribution in [2.45, 2.75) is 32.1 Å². The van der Waals surface area contributed by atoms with Crippen LogP contribution in [0.15, 0.2) is 36.4 Å². The van der Waals surface area contributed by atoms with Gasteiger partial charge in [0.25, 0.3) is 0 Å². The molecule has 1 aliphatic carbocycles. The second-order valence-corrected chi connectivity index (χ2v) is 8.24. The number of halogens is 1. The van der Waals surface area contributed by atoms with Crippen LogP contribution in [0.4, 0.5) is 5.82 Å². The van der Waals surface area contributed by atoms with Crippen LogP contribution in [0.1, 0.15) is 42.5 Å². The molecule has 1 saturated heterocycles. The predicted octanol–water partition coefficient (Wildman–Crippen LogP) is 4.38. The number of anilines is 1. The smallest absolute Gasteiger partial charge is 0.338 e. The van der Waals surface area contributed by atoms with Gasteiger partial charge in [-0.3, -0.25) is 0 Å². The second-order valence-electron chi connectivity index (χ2n) is 7.85. The summed E-state index contributed by atoms with van der Waals surface area (Å²) in [4.78, 5) is 14.2. The first-order valence-corrected chi connectivity index (χ1v) is 10.7. The second kappa shape index (κ2) is 9.44. The van der Waals surface area contributed by atoms with E-state index in [1.54, 1.807) is 18.2 Å². The van der Waals surface area contributed by atoms with E-state index in [4.69, 9.17) is 21.1 Å². The van der Waals surface area contributed by atoms with Gasteiger partial charge in [-0.25, -0.2) is 4.79 Å². The summed E-state index contributed by atoms with van der Waals surface area (Å²) in [6.45, 7) is 3.16. The first kappa shape index (κ1) is 20.0. The number of hydrogen-bond donors (Lipinski definition) is 0. The standard InChI is InChI=1S/C22H26ClN3O3/c23-20-7-8-21(25-24-20)26-12-9-16(10-13-26)11-14-28-19-5-3-18(4-6-19)22(27)29-15-17-1-2-17/h3-8,16-17H,1-2,9-15H2. The molecule has 29 heavy (non-hydrogen) atoms. The van der Waals surface area contributed by atoms with Crippen molar-refractivity contribution >= 4 is 23.4 Å². The Balaban J connectivity index is 1.16. The van der Waals surface area contributed by atoms with Crippen LogP contribution in [-0.2, 0) is 4.74 Å². The van der Waals surface area contributed by atoms with Gasteiger partial charge in [0.15, 0.2) is 11.0 Å². The molecule has 2 heterocycles. The van der Waals surface area contributed by atoms with Gasteiger partial charge in [-0.2, -0.15) is 0 Å². The molecular weight excluding hydrogens is 390 g/mol. The fourth-order valence-electron chi connectivity index (χ4n) is 3.52. The van der Waals surface area contributed by atoms with Gasteiger partial charge in [-0.1, -0.05) is 11.6 Å². The van der Waals surface area contributed by atoms with E-state index in [0.717, 1.165) is 43.9 Å². The highest BCUT2D eigenvalue weighted by Crippen LogP contribution is 2.29. The maximum atomic E-state index is 12.0. The van der Waals surface area contributed by atoms with Gasteiger partial charge in [0.05, 0.1) is 18.8 Å². The summed E-state index contributed by atoms with van der Waals surface area (Å²) in [5.74, 6) is 2.65. The molecule has 1 aromatic carbocycles. The topological polar surface area (TPSA) is 64.6 Å². The number of piperidine rings is 1. The Kier molecular flexibility index (Phi) is 6.49. The van der Waals surface area contributed by atoms with Crippen molar-refractivity contribution in [3.63, 3.8) is 0 Å². The van der Waals surface area contributed by atoms with Crippen LogP contribution in [0.5, 0.6) is 5.75 Å². The van der Waals surface area contributed by atoms with E-state index in [1.165, 1.54) is 12.8 Å². The number of carbonyl (C=O) groups excluding carboxylic acids is 1. The van der Waals surface area contributed by atoms with Crippen LogP contribution in [-0.4, -0.2) is 42.5 Å². The number of nitrogens with zero attached hydrogens (tertiary/aromatic N) is 3. The number of carbonyl (C=O) groups is 1. The highest BCUT2D eigenvalue weighted by atomic mass is 35.5. The van der Waals surface area contributed by atoms with Crippen LogP contribution in [0, 0.1) is 11.8 Å². The van der Waals surface area contributed by atoms with Crippen LogP contribution in [0.25, 0.3) is 0 Å². The van der Waals surface area contributed by atoms with E-state index < -0.39 is 0 Å². The summed E-state index contributed by atoms with van der Waals surface area (Å²) >= 11 is 5.80. The lowest BCUT2D eigenvalue weighted by molar-refractivity contribution is 0.0486. The number of ether oxygens (including phenoxy) is 2. The predicted molar refractivity (Wildman–Crippen MR) is 112 cm³/mol. The normalized spacial score (nSPS) is 17.2. The summed E-state index contributed by atoms with van der Waals surface area (Å²) in [7, 11) is 0. The lowest BCUT2D eigenvalue weighted by Crippen LogP contribution is -2.34. The highest BCUT2D eigenvalue weighted by Gasteiger charge is 2.23. The Labute approximate surface area is 176 Å². The van der Waals surface area contributed by atoms with Crippen molar-refractivity contribution in [2.24, 2.45) is 11.8 Å². The maximum Gasteiger partial charge on any atom is 0.338 e. The third-order valence-corrected chi connectivity index (χ3v) is 5.79. The summed E-state index contributed by atoms with van der Waals surface area (Å²) in [6.07, 6.45) is 5.59. The largest absolute Gasteiger partial charge is 0.494 e. The Hall–Kier alpha value is -2.34. The van der Waals surface area contributed by atoms with Crippen molar-refractivity contribution in [1.82, 2.24) is 10.2 Å². The van der Waals surface area contributed by atoms with E-state index in [0.29, 0.717) is 35.8 Å². The fourth-order valence-corrected chi connectivity index (χ4v) is 3.62. The van der Waals surface area contributed by atoms with E-state index in [2.05, 4.69) is 15.1 Å². The average molecular weight is 416 g/mol. The SMILES string of the molecule is O=C(OCC1CC1)c1ccc(OCCC2CCN(c3ccc(Cl)nn3)CC2)cc1. The zero-order chi connectivity index (χ0) is 20.1. The number of aromatic nitrogens is 2. The third kappa shape index (κ3) is 5.82. The minimum absolute atomic E-state index is 0.249. The van der Waals surface area contributed by atoms with Crippen LogP contribution < -0.4 is 9.64 Å². The molecule has 0 N–H and O–H groups in total. The number of benzene rings is 1. The summed E-state index contributed by atoms with van der Waals surface area (Å²) in [6, 6.07) is 10.9. The first-order chi connectivity index (χ1) is 14.2. The summed E-state index contributed by atoms with van der Waals surface area (Å²) in [5.41, 5.74) is 0.579. The Bertz CT molecular complexity index is 801. The van der Waals surface area contributed by atoms with Crippen molar-refractivity contribution in [1.29, 1.82) is 0 Å². The molecule has 2 aliphatic rings. The molecule has 0 atom stereocenters. The van der Waals surface area contributed by atoms with Gasteiger partial charge in [-0.15, -0.1) is 10.2 Å². The van der Waals surface area contributed by atoms with Crippen molar-refractivity contribution in [3.8, 4) is 5.75 Å². The molecule has 0 radical (unpaired) electrons. The van der Waals surface area contributed by atoms with Gasteiger partial charge in [0, 0.05) is 13.1 Å². The monoisotopic (exact) mass is 415 g/mol. The van der Waals surface area contributed by atoms with Crippen molar-refractivity contribution in [2.75, 3.05) is 31.2 Å². The summed E-state index contributed by atoms with van der Waals surface area (Å²) in [5, 5.41) is 8.50. The van der Waals surface area contributed by atoms with Crippen molar-refractivity contribution < 1.29 is 14.3 Å². The Morgan fingerprint density at radius 2 is 1.76 bits per heavy atom. The number of rotatable bonds is 8. The lowest BCUT2D eigenvalue weighted by atomic mass is 9.94. The highest BCUT2D eigenvalue weighted by molar-refractivity contribution is 6.29. The lowest BCUT2D eigenvalue weighted by Gasteiger charge is -2.32. The number of hydrogen-bond acceptors (Lipinski definition) is 6. The summed E-state index contributed by atoms with van der Waals surface area (Å²) < 4.78 is 11.2. The molecule has 1 saturated carbocycles. The third-order valence-electron chi connectivity index (χ3n) is 5.59. The fraction of sp³-hybridized carbons (Fsp3) is 0.500. The van der Waals surface area contributed by atoms with E-state index in [-0.39, 0.29) is 5.97 Å². The Morgan fingerprint density at radius 1 is 1.00 bits per heavy atom. The van der Waals surface area contributed by atoms with E-state index >= 15 is 0 Å². The minimum atomic E-state index is -0.249. The molecule has 154 valence electrons. The van der Waals surface area contributed by atoms with Crippen LogP contribution >= 0.6 is 11.6 Å². The Morgan fingerprint density at radius 3 is 2.41 bits per heavy atom. The van der Waals surface area contributed by atoms with Gasteiger partial charge in [-0.05, 0) is 80.3 Å². The molecule has 0 bridgehead atoms. The molecule has 0 spiro atoms. The molecule has 7 heteroatoms. The van der Waals surface area contributed by atoms with E-state index in [1.807, 2.05) is 18.2 Å². The maximum absolute atomic E-state index is 12.0. The van der Waals surface area contributed by atoms with Gasteiger partial charge in [0.1, 0.15) is 5.75 Å². The quantitative estimate of drug-likeness (QED) is 0.596. The number of esters is 1. The molecule has 4 rings (SSSR count). The molecule has 0 unspecified atom stereocenters. The van der Waals surface area contributed by atoms with Crippen LogP contribution in [0.2, 0.25) is 5.15 Å².